The Bertz CT molecular complexity index is 908. The van der Waals surface area contributed by atoms with Crippen LogP contribution in [-0.4, -0.2) is 47.2 Å². The number of hydrogen-bond acceptors (Lipinski definition) is 5. The normalized spacial score (nSPS) is 17.4. The zero-order valence-corrected chi connectivity index (χ0v) is 16.0. The van der Waals surface area contributed by atoms with Crippen molar-refractivity contribution in [2.75, 3.05) is 31.2 Å². The molecule has 1 aliphatic rings. The number of anilines is 1. The number of hydrogen-bond donors (Lipinski definition) is 0. The number of rotatable bonds is 6. The minimum Gasteiger partial charge on any atom is -0.491 e. The van der Waals surface area contributed by atoms with E-state index in [1.807, 2.05) is 29.2 Å². The summed E-state index contributed by atoms with van der Waals surface area (Å²) in [6, 6.07) is 8.25. The minimum atomic E-state index is 0.112. The van der Waals surface area contributed by atoms with Gasteiger partial charge in [0.1, 0.15) is 11.3 Å². The molecule has 0 radical (unpaired) electrons. The standard InChI is InChI=1S/C21H26N4O2/c1-3-10-27-20-6-4-5-18-19(7-8-22-21(18)20)24-9-11-26-17(14-24)15-25-13-16(2)12-23-25/h4-8,12-13,17H,3,9-11,14-15H2,1-2H3. The third-order valence-corrected chi connectivity index (χ3v) is 4.81. The number of nitrogens with zero attached hydrogens (tertiary/aromatic N) is 4. The summed E-state index contributed by atoms with van der Waals surface area (Å²) in [4.78, 5) is 6.97. The minimum absolute atomic E-state index is 0.112. The lowest BCUT2D eigenvalue weighted by Crippen LogP contribution is -2.44. The van der Waals surface area contributed by atoms with Gasteiger partial charge in [-0.2, -0.15) is 5.10 Å². The van der Waals surface area contributed by atoms with E-state index in [0.717, 1.165) is 42.7 Å². The fourth-order valence-electron chi connectivity index (χ4n) is 3.56. The Kier molecular flexibility index (Phi) is 5.25. The molecule has 4 rings (SSSR count). The van der Waals surface area contributed by atoms with Crippen LogP contribution in [0.3, 0.4) is 0 Å². The summed E-state index contributed by atoms with van der Waals surface area (Å²) in [6.45, 7) is 8.04. The molecule has 0 N–H and O–H groups in total. The second kappa shape index (κ2) is 7.96. The van der Waals surface area contributed by atoms with Crippen molar-refractivity contribution in [3.8, 4) is 5.75 Å². The average Bonchev–Trinajstić information content (AvgIpc) is 3.10. The largest absolute Gasteiger partial charge is 0.491 e. The zero-order valence-electron chi connectivity index (χ0n) is 16.0. The lowest BCUT2D eigenvalue weighted by Gasteiger charge is -2.35. The van der Waals surface area contributed by atoms with Crippen molar-refractivity contribution < 1.29 is 9.47 Å². The number of fused-ring (bicyclic) bond motifs is 1. The van der Waals surface area contributed by atoms with E-state index in [9.17, 15) is 0 Å². The van der Waals surface area contributed by atoms with Crippen LogP contribution in [0.15, 0.2) is 42.9 Å². The van der Waals surface area contributed by atoms with Crippen molar-refractivity contribution in [1.82, 2.24) is 14.8 Å². The van der Waals surface area contributed by atoms with Gasteiger partial charge in [0.25, 0.3) is 0 Å². The number of para-hydroxylation sites is 1. The first-order valence-corrected chi connectivity index (χ1v) is 9.60. The van der Waals surface area contributed by atoms with Gasteiger partial charge in [-0.05, 0) is 31.0 Å². The predicted octanol–water partition coefficient (Wildman–Crippen LogP) is 3.43. The first-order valence-electron chi connectivity index (χ1n) is 9.60. The van der Waals surface area contributed by atoms with E-state index in [0.29, 0.717) is 13.2 Å². The molecule has 1 fully saturated rings. The van der Waals surface area contributed by atoms with Crippen LogP contribution in [0.2, 0.25) is 0 Å². The summed E-state index contributed by atoms with van der Waals surface area (Å²) in [7, 11) is 0. The zero-order chi connectivity index (χ0) is 18.6. The van der Waals surface area contributed by atoms with E-state index < -0.39 is 0 Å². The predicted molar refractivity (Wildman–Crippen MR) is 106 cm³/mol. The molecular weight excluding hydrogens is 340 g/mol. The van der Waals surface area contributed by atoms with E-state index in [1.165, 1.54) is 11.3 Å². The van der Waals surface area contributed by atoms with Crippen molar-refractivity contribution >= 4 is 16.6 Å². The Labute approximate surface area is 159 Å². The van der Waals surface area contributed by atoms with Gasteiger partial charge in [-0.3, -0.25) is 9.67 Å². The maximum atomic E-state index is 5.99. The monoisotopic (exact) mass is 366 g/mol. The van der Waals surface area contributed by atoms with Crippen molar-refractivity contribution in [3.05, 3.63) is 48.4 Å². The maximum absolute atomic E-state index is 5.99. The molecule has 27 heavy (non-hydrogen) atoms. The van der Waals surface area contributed by atoms with Crippen LogP contribution in [-0.2, 0) is 11.3 Å². The van der Waals surface area contributed by atoms with Gasteiger partial charge in [-0.1, -0.05) is 19.1 Å². The van der Waals surface area contributed by atoms with Gasteiger partial charge in [-0.15, -0.1) is 0 Å². The van der Waals surface area contributed by atoms with Crippen LogP contribution in [0.4, 0.5) is 5.69 Å². The summed E-state index contributed by atoms with van der Waals surface area (Å²) >= 11 is 0. The van der Waals surface area contributed by atoms with Crippen molar-refractivity contribution in [2.45, 2.75) is 32.9 Å². The second-order valence-corrected chi connectivity index (χ2v) is 7.01. The molecule has 6 nitrogen and oxygen atoms in total. The fraction of sp³-hybridized carbons (Fsp3) is 0.429. The molecule has 1 aliphatic heterocycles. The van der Waals surface area contributed by atoms with Crippen molar-refractivity contribution in [1.29, 1.82) is 0 Å². The topological polar surface area (TPSA) is 52.4 Å². The molecular formula is C21H26N4O2. The van der Waals surface area contributed by atoms with Gasteiger partial charge < -0.3 is 14.4 Å². The first-order chi connectivity index (χ1) is 13.2. The highest BCUT2D eigenvalue weighted by Crippen LogP contribution is 2.32. The number of pyridine rings is 1. The van der Waals surface area contributed by atoms with E-state index in [-0.39, 0.29) is 6.10 Å². The molecule has 0 amide bonds. The Hall–Kier alpha value is -2.60. The fourth-order valence-corrected chi connectivity index (χ4v) is 3.56. The van der Waals surface area contributed by atoms with Crippen LogP contribution in [0, 0.1) is 6.92 Å². The molecule has 0 bridgehead atoms. The molecule has 1 atom stereocenters. The molecule has 1 aromatic carbocycles. The van der Waals surface area contributed by atoms with E-state index in [2.05, 4.69) is 47.2 Å². The number of morpholine rings is 1. The SMILES string of the molecule is CCCOc1cccc2c(N3CCOC(Cn4cc(C)cn4)C3)ccnc12. The first kappa shape index (κ1) is 17.8. The highest BCUT2D eigenvalue weighted by atomic mass is 16.5. The lowest BCUT2D eigenvalue weighted by atomic mass is 10.1. The molecule has 3 heterocycles. The van der Waals surface area contributed by atoms with Crippen LogP contribution in [0.1, 0.15) is 18.9 Å². The Morgan fingerprint density at radius 1 is 1.30 bits per heavy atom. The van der Waals surface area contributed by atoms with Crippen LogP contribution in [0.25, 0.3) is 10.9 Å². The molecule has 3 aromatic rings. The van der Waals surface area contributed by atoms with Crippen molar-refractivity contribution in [3.63, 3.8) is 0 Å². The van der Waals surface area contributed by atoms with Crippen LogP contribution >= 0.6 is 0 Å². The third-order valence-electron chi connectivity index (χ3n) is 4.81. The van der Waals surface area contributed by atoms with Crippen molar-refractivity contribution in [2.24, 2.45) is 0 Å². The van der Waals surface area contributed by atoms with Gasteiger partial charge >= 0.3 is 0 Å². The summed E-state index contributed by atoms with van der Waals surface area (Å²) in [6.07, 6.45) is 6.91. The Morgan fingerprint density at radius 3 is 3.04 bits per heavy atom. The Balaban J connectivity index is 1.57. The lowest BCUT2D eigenvalue weighted by molar-refractivity contribution is 0.0275. The van der Waals surface area contributed by atoms with E-state index in [4.69, 9.17) is 9.47 Å². The summed E-state index contributed by atoms with van der Waals surface area (Å²) < 4.78 is 13.8. The molecule has 0 spiro atoms. The summed E-state index contributed by atoms with van der Waals surface area (Å²) in [5.41, 5.74) is 3.28. The number of ether oxygens (including phenoxy) is 2. The Morgan fingerprint density at radius 2 is 2.22 bits per heavy atom. The quantitative estimate of drug-likeness (QED) is 0.669. The van der Waals surface area contributed by atoms with Crippen LogP contribution < -0.4 is 9.64 Å². The summed E-state index contributed by atoms with van der Waals surface area (Å²) in [5.74, 6) is 0.855. The molecule has 6 heteroatoms. The molecule has 1 unspecified atom stereocenters. The molecule has 0 aliphatic carbocycles. The average molecular weight is 366 g/mol. The second-order valence-electron chi connectivity index (χ2n) is 7.01. The molecule has 0 saturated carbocycles. The van der Waals surface area contributed by atoms with E-state index >= 15 is 0 Å². The number of aryl methyl sites for hydroxylation is 1. The van der Waals surface area contributed by atoms with Gasteiger partial charge in [-0.25, -0.2) is 0 Å². The van der Waals surface area contributed by atoms with Gasteiger partial charge in [0.2, 0.25) is 0 Å². The smallest absolute Gasteiger partial charge is 0.145 e. The van der Waals surface area contributed by atoms with Crippen LogP contribution in [0.5, 0.6) is 5.75 Å². The van der Waals surface area contributed by atoms with Gasteiger partial charge in [0.05, 0.1) is 32.1 Å². The summed E-state index contributed by atoms with van der Waals surface area (Å²) in [5, 5.41) is 5.52. The molecule has 142 valence electrons. The van der Waals surface area contributed by atoms with Gasteiger partial charge in [0.15, 0.2) is 0 Å². The third kappa shape index (κ3) is 3.90. The maximum Gasteiger partial charge on any atom is 0.145 e. The highest BCUT2D eigenvalue weighted by molar-refractivity contribution is 5.95. The number of benzene rings is 1. The molecule has 2 aromatic heterocycles. The highest BCUT2D eigenvalue weighted by Gasteiger charge is 2.23. The molecule has 1 saturated heterocycles. The van der Waals surface area contributed by atoms with Gasteiger partial charge in [0, 0.05) is 36.6 Å². The van der Waals surface area contributed by atoms with E-state index in [1.54, 1.807) is 0 Å². The number of aromatic nitrogens is 3.